The normalized spacial score (nSPS) is 13.2. The Morgan fingerprint density at radius 1 is 0.643 bits per heavy atom. The van der Waals surface area contributed by atoms with E-state index in [4.69, 9.17) is 5.73 Å². The third-order valence-corrected chi connectivity index (χ3v) is 11.7. The molecule has 6 rings (SSSR count). The van der Waals surface area contributed by atoms with Gasteiger partial charge in [0.2, 0.25) is 17.7 Å². The van der Waals surface area contributed by atoms with Crippen LogP contribution in [0, 0.1) is 0 Å². The molecule has 6 N–H and O–H groups in total. The van der Waals surface area contributed by atoms with Gasteiger partial charge in [-0.3, -0.25) is 14.4 Å². The summed E-state index contributed by atoms with van der Waals surface area (Å²) in [5.41, 5.74) is 12.3. The standard InChI is InChI=1S/C45H44N4O5S2/c1-55-41(37(46)24-29-18-22-34(23-19-29)45(53)54)44(52)49-38(25-30-16-20-33(21-17-30)32-12-6-3-7-13-32)43(51)48-39(42(50)47-27-31-10-4-2-5-11-31)26-35-28-56-40-15-9-8-14-36(35)40/h2-23,28,37-39,41H,24-27,46H2,1H3,(H,47,50)(H,48,51)(H,49,52)(H,53,54)/t37?,38?,39?,41-/m0/s1. The van der Waals surface area contributed by atoms with Crippen molar-refractivity contribution in [1.82, 2.24) is 16.0 Å². The van der Waals surface area contributed by atoms with Gasteiger partial charge in [-0.05, 0) is 75.0 Å². The van der Waals surface area contributed by atoms with E-state index in [1.807, 2.05) is 115 Å². The quantitative estimate of drug-likeness (QED) is 0.0696. The first-order valence-electron chi connectivity index (χ1n) is 18.3. The minimum atomic E-state index is -1.04. The van der Waals surface area contributed by atoms with Crippen molar-refractivity contribution in [3.63, 3.8) is 0 Å². The van der Waals surface area contributed by atoms with Gasteiger partial charge < -0.3 is 26.8 Å². The number of hydrogen-bond donors (Lipinski definition) is 5. The monoisotopic (exact) mass is 784 g/mol. The number of carboxylic acid groups (broad SMARTS) is 1. The third kappa shape index (κ3) is 10.5. The molecule has 0 bridgehead atoms. The van der Waals surface area contributed by atoms with E-state index in [0.29, 0.717) is 6.42 Å². The van der Waals surface area contributed by atoms with Crippen molar-refractivity contribution in [2.45, 2.75) is 49.2 Å². The number of fused-ring (bicyclic) bond motifs is 1. The summed E-state index contributed by atoms with van der Waals surface area (Å²) in [4.78, 5) is 53.7. The molecule has 11 heteroatoms. The molecule has 286 valence electrons. The Hall–Kier alpha value is -5.75. The second-order valence-electron chi connectivity index (χ2n) is 13.6. The maximum atomic E-state index is 14.4. The lowest BCUT2D eigenvalue weighted by Crippen LogP contribution is -2.57. The fraction of sp³-hybridized carbons (Fsp3) is 0.200. The molecule has 1 aromatic heterocycles. The highest BCUT2D eigenvalue weighted by molar-refractivity contribution is 8.00. The van der Waals surface area contributed by atoms with Gasteiger partial charge in [-0.15, -0.1) is 11.3 Å². The number of thioether (sulfide) groups is 1. The maximum absolute atomic E-state index is 14.4. The van der Waals surface area contributed by atoms with Gasteiger partial charge in [-0.25, -0.2) is 4.79 Å². The molecule has 0 fully saturated rings. The van der Waals surface area contributed by atoms with Crippen LogP contribution in [0.5, 0.6) is 0 Å². The Kier molecular flexibility index (Phi) is 13.7. The lowest BCUT2D eigenvalue weighted by molar-refractivity contribution is -0.132. The van der Waals surface area contributed by atoms with Crippen molar-refractivity contribution in [3.8, 4) is 11.1 Å². The number of nitrogens with two attached hydrogens (primary N) is 1. The van der Waals surface area contributed by atoms with Gasteiger partial charge in [0.05, 0.1) is 10.8 Å². The van der Waals surface area contributed by atoms with Crippen LogP contribution in [-0.2, 0) is 40.2 Å². The predicted octanol–water partition coefficient (Wildman–Crippen LogP) is 6.64. The number of carbonyl (C=O) groups excluding carboxylic acids is 3. The number of aromatic carboxylic acids is 1. The Bertz CT molecular complexity index is 2250. The SMILES string of the molecule is CS[C@H](C(=O)NC(Cc1ccc(-c2ccccc2)cc1)C(=O)NC(Cc1csc2ccccc12)C(=O)NCc1ccccc1)C(N)Cc1ccc(C(=O)O)cc1. The van der Waals surface area contributed by atoms with Gasteiger partial charge in [0.25, 0.3) is 0 Å². The molecule has 5 aromatic carbocycles. The minimum Gasteiger partial charge on any atom is -0.478 e. The molecule has 0 aliphatic heterocycles. The summed E-state index contributed by atoms with van der Waals surface area (Å²) >= 11 is 2.86. The van der Waals surface area contributed by atoms with E-state index in [2.05, 4.69) is 16.0 Å². The number of hydrogen-bond acceptors (Lipinski definition) is 7. The second kappa shape index (κ2) is 19.2. The number of carbonyl (C=O) groups is 4. The maximum Gasteiger partial charge on any atom is 0.335 e. The Morgan fingerprint density at radius 2 is 1.21 bits per heavy atom. The number of carboxylic acids is 1. The van der Waals surface area contributed by atoms with Crippen molar-refractivity contribution >= 4 is 56.9 Å². The Labute approximate surface area is 334 Å². The molecule has 1 heterocycles. The summed E-state index contributed by atoms with van der Waals surface area (Å²) in [5, 5.41) is 20.6. The number of thiophene rings is 1. The van der Waals surface area contributed by atoms with E-state index in [1.165, 1.54) is 23.9 Å². The lowest BCUT2D eigenvalue weighted by Gasteiger charge is -2.27. The van der Waals surface area contributed by atoms with Crippen LogP contribution < -0.4 is 21.7 Å². The first-order chi connectivity index (χ1) is 27.2. The molecule has 3 amide bonds. The summed E-state index contributed by atoms with van der Waals surface area (Å²) < 4.78 is 1.08. The molecular weight excluding hydrogens is 741 g/mol. The molecular formula is C45H44N4O5S2. The van der Waals surface area contributed by atoms with Crippen LogP contribution in [0.15, 0.2) is 139 Å². The van der Waals surface area contributed by atoms with E-state index in [1.54, 1.807) is 29.7 Å². The third-order valence-electron chi connectivity index (χ3n) is 9.64. The first kappa shape index (κ1) is 39.9. The summed E-state index contributed by atoms with van der Waals surface area (Å²) in [6.45, 7) is 0.288. The summed E-state index contributed by atoms with van der Waals surface area (Å²) in [5.74, 6) is -2.28. The van der Waals surface area contributed by atoms with Gasteiger partial charge in [-0.2, -0.15) is 11.8 Å². The van der Waals surface area contributed by atoms with Crippen molar-refractivity contribution < 1.29 is 24.3 Å². The molecule has 0 spiro atoms. The fourth-order valence-corrected chi connectivity index (χ4v) is 8.31. The van der Waals surface area contributed by atoms with Crippen LogP contribution in [0.3, 0.4) is 0 Å². The Balaban J connectivity index is 1.24. The van der Waals surface area contributed by atoms with E-state index in [-0.39, 0.29) is 30.9 Å². The van der Waals surface area contributed by atoms with Gasteiger partial charge in [-0.1, -0.05) is 115 Å². The Morgan fingerprint density at radius 3 is 1.89 bits per heavy atom. The highest BCUT2D eigenvalue weighted by Crippen LogP contribution is 2.27. The van der Waals surface area contributed by atoms with Gasteiger partial charge >= 0.3 is 5.97 Å². The van der Waals surface area contributed by atoms with E-state index < -0.39 is 41.2 Å². The highest BCUT2D eigenvalue weighted by atomic mass is 32.2. The molecule has 0 aliphatic rings. The van der Waals surface area contributed by atoms with E-state index in [0.717, 1.165) is 43.5 Å². The molecule has 3 unspecified atom stereocenters. The van der Waals surface area contributed by atoms with Crippen LogP contribution in [0.2, 0.25) is 0 Å². The predicted molar refractivity (Wildman–Crippen MR) is 226 cm³/mol. The summed E-state index contributed by atoms with van der Waals surface area (Å²) in [6, 6.07) is 39.1. The molecule has 0 radical (unpaired) electrons. The van der Waals surface area contributed by atoms with Crippen molar-refractivity contribution in [1.29, 1.82) is 0 Å². The second-order valence-corrected chi connectivity index (χ2v) is 15.5. The molecule has 9 nitrogen and oxygen atoms in total. The fourth-order valence-electron chi connectivity index (χ4n) is 6.60. The smallest absolute Gasteiger partial charge is 0.335 e. The number of benzene rings is 5. The average molecular weight is 785 g/mol. The van der Waals surface area contributed by atoms with Crippen molar-refractivity contribution in [2.24, 2.45) is 5.73 Å². The first-order valence-corrected chi connectivity index (χ1v) is 20.5. The zero-order valence-electron chi connectivity index (χ0n) is 30.9. The zero-order valence-corrected chi connectivity index (χ0v) is 32.5. The van der Waals surface area contributed by atoms with E-state index >= 15 is 0 Å². The molecule has 56 heavy (non-hydrogen) atoms. The molecule has 6 aromatic rings. The van der Waals surface area contributed by atoms with Crippen molar-refractivity contribution in [2.75, 3.05) is 6.26 Å². The summed E-state index contributed by atoms with van der Waals surface area (Å²) in [6.07, 6.45) is 2.52. The highest BCUT2D eigenvalue weighted by Gasteiger charge is 2.32. The molecule has 0 saturated carbocycles. The van der Waals surface area contributed by atoms with Crippen LogP contribution >= 0.6 is 23.1 Å². The average Bonchev–Trinajstić information content (AvgIpc) is 3.63. The van der Waals surface area contributed by atoms with Crippen molar-refractivity contribution in [3.05, 3.63) is 167 Å². The number of rotatable bonds is 17. The minimum absolute atomic E-state index is 0.159. The van der Waals surface area contributed by atoms with Crippen LogP contribution in [0.25, 0.3) is 21.2 Å². The van der Waals surface area contributed by atoms with Gasteiger partial charge in [0.1, 0.15) is 12.1 Å². The number of amides is 3. The summed E-state index contributed by atoms with van der Waals surface area (Å²) in [7, 11) is 0. The van der Waals surface area contributed by atoms with Crippen LogP contribution in [-0.4, -0.2) is 58.4 Å². The van der Waals surface area contributed by atoms with Crippen LogP contribution in [0.4, 0.5) is 0 Å². The topological polar surface area (TPSA) is 151 Å². The van der Waals surface area contributed by atoms with Gasteiger partial charge in [0.15, 0.2) is 0 Å². The lowest BCUT2D eigenvalue weighted by atomic mass is 9.98. The number of nitrogens with one attached hydrogen (secondary N) is 3. The largest absolute Gasteiger partial charge is 0.478 e. The van der Waals surface area contributed by atoms with Gasteiger partial charge in [0, 0.05) is 30.1 Å². The van der Waals surface area contributed by atoms with Crippen LogP contribution in [0.1, 0.15) is 32.6 Å². The molecule has 0 saturated heterocycles. The van der Waals surface area contributed by atoms with E-state index in [9.17, 15) is 24.3 Å². The zero-order chi connectivity index (χ0) is 39.4. The molecule has 4 atom stereocenters. The molecule has 0 aliphatic carbocycles.